The summed E-state index contributed by atoms with van der Waals surface area (Å²) < 4.78 is 5.64. The Hall–Kier alpha value is -1.58. The number of rotatable bonds is 0. The van der Waals surface area contributed by atoms with E-state index in [9.17, 15) is 0 Å². The van der Waals surface area contributed by atoms with Crippen molar-refractivity contribution < 1.29 is 4.74 Å². The van der Waals surface area contributed by atoms with E-state index in [1.165, 1.54) is 0 Å². The summed E-state index contributed by atoms with van der Waals surface area (Å²) in [4.78, 5) is 0. The van der Waals surface area contributed by atoms with Crippen LogP contribution in [0.2, 0.25) is 0 Å². The normalized spacial score (nSPS) is 17.7. The lowest BCUT2D eigenvalue weighted by molar-refractivity contribution is 0.323. The van der Waals surface area contributed by atoms with Gasteiger partial charge in [0.25, 0.3) is 0 Å². The molecule has 0 aliphatic carbocycles. The molecule has 4 heteroatoms. The lowest BCUT2D eigenvalue weighted by atomic mass is 10.2. The van der Waals surface area contributed by atoms with Crippen molar-refractivity contribution in [2.45, 2.75) is 6.42 Å². The van der Waals surface area contributed by atoms with Crippen molar-refractivity contribution in [2.24, 2.45) is 0 Å². The summed E-state index contributed by atoms with van der Waals surface area (Å²) >= 11 is 0. The molecule has 14 heavy (non-hydrogen) atoms. The number of ether oxygens (including phenoxy) is 1. The molecule has 0 fully saturated rings. The van der Waals surface area contributed by atoms with Gasteiger partial charge in [-0.2, -0.15) is 0 Å². The molecule has 0 amide bonds. The molecule has 0 atom stereocenters. The highest BCUT2D eigenvalue weighted by Gasteiger charge is 2.15. The van der Waals surface area contributed by atoms with E-state index in [1.54, 1.807) is 0 Å². The highest BCUT2D eigenvalue weighted by Crippen LogP contribution is 2.37. The first-order valence-electron chi connectivity index (χ1n) is 4.96. The van der Waals surface area contributed by atoms with E-state index >= 15 is 0 Å². The van der Waals surface area contributed by atoms with E-state index in [4.69, 9.17) is 4.74 Å². The summed E-state index contributed by atoms with van der Waals surface area (Å²) in [6.07, 6.45) is 1.06. The minimum Gasteiger partial charge on any atom is -0.491 e. The first-order valence-corrected chi connectivity index (χ1v) is 4.96. The Morgan fingerprint density at radius 3 is 2.79 bits per heavy atom. The van der Waals surface area contributed by atoms with Gasteiger partial charge in [0, 0.05) is 12.6 Å². The number of hydrogen-bond donors (Lipinski definition) is 3. The molecule has 0 aromatic heterocycles. The third kappa shape index (κ3) is 1.14. The minimum absolute atomic E-state index is 0.798. The molecule has 4 nitrogen and oxygen atoms in total. The molecule has 74 valence electrons. The van der Waals surface area contributed by atoms with Crippen LogP contribution in [0.15, 0.2) is 12.1 Å². The standard InChI is InChI=1S/C10H13N3O/c1-2-11-9-4-7-8(13-6-12-7)5-10(9)14-3-1/h4-5,11-13H,1-3,6H2. The number of hydrogen-bond acceptors (Lipinski definition) is 4. The van der Waals surface area contributed by atoms with Crippen molar-refractivity contribution in [3.8, 4) is 5.75 Å². The van der Waals surface area contributed by atoms with Crippen LogP contribution in [-0.4, -0.2) is 19.8 Å². The second kappa shape index (κ2) is 2.97. The third-order valence-electron chi connectivity index (χ3n) is 2.57. The van der Waals surface area contributed by atoms with Crippen molar-refractivity contribution in [2.75, 3.05) is 35.8 Å². The highest BCUT2D eigenvalue weighted by atomic mass is 16.5. The average Bonchev–Trinajstić information content (AvgIpc) is 2.51. The zero-order chi connectivity index (χ0) is 9.38. The number of nitrogens with one attached hydrogen (secondary N) is 3. The summed E-state index contributed by atoms with van der Waals surface area (Å²) in [6.45, 7) is 2.59. The molecular formula is C10H13N3O. The Bertz CT molecular complexity index is 332. The van der Waals surface area contributed by atoms with Crippen LogP contribution in [-0.2, 0) is 0 Å². The highest BCUT2D eigenvalue weighted by molar-refractivity contribution is 5.81. The minimum atomic E-state index is 0.798. The summed E-state index contributed by atoms with van der Waals surface area (Å²) in [5, 5.41) is 9.88. The number of anilines is 3. The van der Waals surface area contributed by atoms with Crippen molar-refractivity contribution >= 4 is 17.1 Å². The van der Waals surface area contributed by atoms with Crippen LogP contribution in [0.1, 0.15) is 6.42 Å². The van der Waals surface area contributed by atoms with Gasteiger partial charge in [0.1, 0.15) is 5.75 Å². The van der Waals surface area contributed by atoms with E-state index in [-0.39, 0.29) is 0 Å². The van der Waals surface area contributed by atoms with E-state index in [0.29, 0.717) is 0 Å². The van der Waals surface area contributed by atoms with Crippen molar-refractivity contribution in [1.29, 1.82) is 0 Å². The van der Waals surface area contributed by atoms with Crippen molar-refractivity contribution in [3.63, 3.8) is 0 Å². The van der Waals surface area contributed by atoms with Gasteiger partial charge in [0.15, 0.2) is 0 Å². The topological polar surface area (TPSA) is 45.3 Å². The zero-order valence-electron chi connectivity index (χ0n) is 7.89. The maximum atomic E-state index is 5.64. The smallest absolute Gasteiger partial charge is 0.144 e. The van der Waals surface area contributed by atoms with Crippen LogP contribution in [0.5, 0.6) is 5.75 Å². The quantitative estimate of drug-likeness (QED) is 0.583. The molecule has 3 rings (SSSR count). The van der Waals surface area contributed by atoms with Gasteiger partial charge in [0.2, 0.25) is 0 Å². The fraction of sp³-hybridized carbons (Fsp3) is 0.400. The van der Waals surface area contributed by atoms with Gasteiger partial charge in [-0.05, 0) is 12.5 Å². The Labute approximate surface area is 82.6 Å². The van der Waals surface area contributed by atoms with Gasteiger partial charge in [-0.15, -0.1) is 0 Å². The molecule has 0 radical (unpaired) electrons. The van der Waals surface area contributed by atoms with Crippen molar-refractivity contribution in [3.05, 3.63) is 12.1 Å². The van der Waals surface area contributed by atoms with Crippen LogP contribution >= 0.6 is 0 Å². The van der Waals surface area contributed by atoms with Crippen LogP contribution in [0.4, 0.5) is 17.1 Å². The molecular weight excluding hydrogens is 178 g/mol. The second-order valence-corrected chi connectivity index (χ2v) is 3.55. The molecule has 0 unspecified atom stereocenters. The molecule has 0 bridgehead atoms. The third-order valence-corrected chi connectivity index (χ3v) is 2.57. The summed E-state index contributed by atoms with van der Waals surface area (Å²) in [6, 6.07) is 4.17. The molecule has 0 saturated carbocycles. The van der Waals surface area contributed by atoms with Crippen LogP contribution in [0.25, 0.3) is 0 Å². The van der Waals surface area contributed by atoms with Gasteiger partial charge in [-0.3, -0.25) is 0 Å². The van der Waals surface area contributed by atoms with Crippen molar-refractivity contribution in [1.82, 2.24) is 0 Å². The molecule has 2 aliphatic heterocycles. The van der Waals surface area contributed by atoms with Gasteiger partial charge in [0.05, 0.1) is 30.3 Å². The lowest BCUT2D eigenvalue weighted by Crippen LogP contribution is -2.00. The maximum absolute atomic E-state index is 5.64. The molecule has 0 spiro atoms. The molecule has 2 aliphatic rings. The molecule has 3 N–H and O–H groups in total. The summed E-state index contributed by atoms with van der Waals surface area (Å²) in [5.41, 5.74) is 3.38. The average molecular weight is 191 g/mol. The maximum Gasteiger partial charge on any atom is 0.144 e. The second-order valence-electron chi connectivity index (χ2n) is 3.55. The van der Waals surface area contributed by atoms with E-state index in [1.807, 2.05) is 0 Å². The van der Waals surface area contributed by atoms with Gasteiger partial charge in [-0.25, -0.2) is 0 Å². The SMILES string of the molecule is c1c2c(cc3c1NCCCO3)NCN2. The monoisotopic (exact) mass is 191 g/mol. The molecule has 2 heterocycles. The Balaban J connectivity index is 2.06. The van der Waals surface area contributed by atoms with E-state index < -0.39 is 0 Å². The fourth-order valence-electron chi connectivity index (χ4n) is 1.84. The van der Waals surface area contributed by atoms with Crippen LogP contribution in [0.3, 0.4) is 0 Å². The Morgan fingerprint density at radius 1 is 1.00 bits per heavy atom. The lowest BCUT2D eigenvalue weighted by Gasteiger charge is -2.09. The van der Waals surface area contributed by atoms with E-state index in [0.717, 1.165) is 49.1 Å². The molecule has 1 aromatic rings. The fourth-order valence-corrected chi connectivity index (χ4v) is 1.84. The molecule has 1 aromatic carbocycles. The Kier molecular flexibility index (Phi) is 1.65. The predicted molar refractivity (Wildman–Crippen MR) is 57.2 cm³/mol. The Morgan fingerprint density at radius 2 is 1.86 bits per heavy atom. The molecule has 0 saturated heterocycles. The summed E-state index contributed by atoms with van der Waals surface area (Å²) in [5.74, 6) is 0.956. The zero-order valence-corrected chi connectivity index (χ0v) is 7.89. The van der Waals surface area contributed by atoms with E-state index in [2.05, 4.69) is 28.1 Å². The number of benzene rings is 1. The predicted octanol–water partition coefficient (Wildman–Crippen LogP) is 1.68. The number of fused-ring (bicyclic) bond motifs is 2. The first-order chi connectivity index (χ1) is 6.93. The van der Waals surface area contributed by atoms with Gasteiger partial charge in [-0.1, -0.05) is 0 Å². The van der Waals surface area contributed by atoms with Gasteiger partial charge >= 0.3 is 0 Å². The van der Waals surface area contributed by atoms with Gasteiger partial charge < -0.3 is 20.7 Å². The van der Waals surface area contributed by atoms with Crippen LogP contribution < -0.4 is 20.7 Å². The van der Waals surface area contributed by atoms with Crippen LogP contribution in [0, 0.1) is 0 Å². The largest absolute Gasteiger partial charge is 0.491 e. The first kappa shape index (κ1) is 7.79. The summed E-state index contributed by atoms with van der Waals surface area (Å²) in [7, 11) is 0.